The minimum absolute atomic E-state index is 0.0755. The first-order valence-electron chi connectivity index (χ1n) is 11.0. The first-order chi connectivity index (χ1) is 16.8. The fourth-order valence-electron chi connectivity index (χ4n) is 3.52. The van der Waals surface area contributed by atoms with Crippen molar-refractivity contribution < 1.29 is 22.7 Å². The summed E-state index contributed by atoms with van der Waals surface area (Å²) in [4.78, 5) is 16.6. The Morgan fingerprint density at radius 2 is 1.60 bits per heavy atom. The molecule has 182 valence electrons. The van der Waals surface area contributed by atoms with Gasteiger partial charge in [0.2, 0.25) is 10.0 Å². The maximum absolute atomic E-state index is 12.8. The molecule has 0 fully saturated rings. The number of carbonyl (C=O) groups is 1. The van der Waals surface area contributed by atoms with E-state index in [9.17, 15) is 13.2 Å². The van der Waals surface area contributed by atoms with Gasteiger partial charge >= 0.3 is 5.97 Å². The van der Waals surface area contributed by atoms with E-state index in [4.69, 9.17) is 9.47 Å². The third kappa shape index (κ3) is 5.87. The number of rotatable bonds is 9. The lowest BCUT2D eigenvalue weighted by Crippen LogP contribution is -2.44. The first-order valence-corrected chi connectivity index (χ1v) is 13.3. The van der Waals surface area contributed by atoms with Gasteiger partial charge in [-0.25, -0.2) is 13.4 Å². The standard InChI is InChI=1S/C26H26N2O5S2/c1-17(2)25(26(29)32-3)28-35(30,31)21-14-10-19(11-15-21)18-8-12-20(13-9-18)33-16-24-27-22-6-4-5-7-23(22)34-24/h4-15,17,25,28H,16H2,1-3H3. The number of thiazole rings is 1. The second-order valence-corrected chi connectivity index (χ2v) is 11.1. The number of fused-ring (bicyclic) bond motifs is 1. The molecule has 0 aliphatic carbocycles. The molecule has 9 heteroatoms. The number of carbonyl (C=O) groups excluding carboxylic acids is 1. The average molecular weight is 511 g/mol. The van der Waals surface area contributed by atoms with Crippen LogP contribution in [0.1, 0.15) is 18.9 Å². The van der Waals surface area contributed by atoms with Crippen LogP contribution in [-0.2, 0) is 26.2 Å². The molecular formula is C26H26N2O5S2. The van der Waals surface area contributed by atoms with E-state index in [0.29, 0.717) is 6.61 Å². The third-order valence-corrected chi connectivity index (χ3v) is 7.92. The van der Waals surface area contributed by atoms with Gasteiger partial charge < -0.3 is 9.47 Å². The van der Waals surface area contributed by atoms with E-state index in [0.717, 1.165) is 32.1 Å². The van der Waals surface area contributed by atoms with E-state index < -0.39 is 22.0 Å². The van der Waals surface area contributed by atoms with Gasteiger partial charge in [0.15, 0.2) is 0 Å². The molecule has 0 amide bonds. The molecule has 0 aliphatic rings. The number of para-hydroxylation sites is 1. The van der Waals surface area contributed by atoms with E-state index in [1.54, 1.807) is 37.3 Å². The van der Waals surface area contributed by atoms with Gasteiger partial charge in [0.25, 0.3) is 0 Å². The summed E-state index contributed by atoms with van der Waals surface area (Å²) >= 11 is 1.61. The van der Waals surface area contributed by atoms with Crippen molar-refractivity contribution in [2.75, 3.05) is 7.11 Å². The van der Waals surface area contributed by atoms with E-state index in [1.165, 1.54) is 19.2 Å². The summed E-state index contributed by atoms with van der Waals surface area (Å²) in [6.45, 7) is 3.89. The number of nitrogens with zero attached hydrogens (tertiary/aromatic N) is 1. The van der Waals surface area contributed by atoms with Crippen LogP contribution in [-0.4, -0.2) is 32.5 Å². The van der Waals surface area contributed by atoms with Crippen molar-refractivity contribution in [2.45, 2.75) is 31.4 Å². The molecule has 35 heavy (non-hydrogen) atoms. The topological polar surface area (TPSA) is 94.6 Å². The number of benzene rings is 3. The van der Waals surface area contributed by atoms with Crippen molar-refractivity contribution in [2.24, 2.45) is 5.92 Å². The van der Waals surface area contributed by atoms with Crippen LogP contribution in [0.25, 0.3) is 21.3 Å². The van der Waals surface area contributed by atoms with Gasteiger partial charge in [-0.2, -0.15) is 4.72 Å². The van der Waals surface area contributed by atoms with Crippen LogP contribution >= 0.6 is 11.3 Å². The maximum Gasteiger partial charge on any atom is 0.324 e. The summed E-state index contributed by atoms with van der Waals surface area (Å²) in [6.07, 6.45) is 0. The Morgan fingerprint density at radius 1 is 0.971 bits per heavy atom. The summed E-state index contributed by atoms with van der Waals surface area (Å²) in [7, 11) is -2.65. The zero-order valence-corrected chi connectivity index (χ0v) is 21.2. The molecule has 0 saturated heterocycles. The zero-order valence-electron chi connectivity index (χ0n) is 19.6. The van der Waals surface area contributed by atoms with E-state index >= 15 is 0 Å². The normalized spacial score (nSPS) is 12.6. The highest BCUT2D eigenvalue weighted by Crippen LogP contribution is 2.26. The smallest absolute Gasteiger partial charge is 0.324 e. The molecule has 7 nitrogen and oxygen atoms in total. The van der Waals surface area contributed by atoms with Crippen molar-refractivity contribution in [1.82, 2.24) is 9.71 Å². The van der Waals surface area contributed by atoms with Gasteiger partial charge in [-0.1, -0.05) is 50.2 Å². The largest absolute Gasteiger partial charge is 0.486 e. The van der Waals surface area contributed by atoms with Crippen molar-refractivity contribution in [3.8, 4) is 16.9 Å². The second kappa shape index (κ2) is 10.6. The molecular weight excluding hydrogens is 484 g/mol. The van der Waals surface area contributed by atoms with Crippen LogP contribution in [0, 0.1) is 5.92 Å². The Balaban J connectivity index is 1.41. The lowest BCUT2D eigenvalue weighted by atomic mass is 10.1. The van der Waals surface area contributed by atoms with Crippen LogP contribution in [0.2, 0.25) is 0 Å². The number of sulfonamides is 1. The molecule has 0 aliphatic heterocycles. The highest BCUT2D eigenvalue weighted by atomic mass is 32.2. The van der Waals surface area contributed by atoms with Gasteiger partial charge in [0.1, 0.15) is 23.4 Å². The minimum atomic E-state index is -3.88. The fourth-order valence-corrected chi connectivity index (χ4v) is 5.73. The molecule has 1 N–H and O–H groups in total. The summed E-state index contributed by atoms with van der Waals surface area (Å²) in [5.41, 5.74) is 2.75. The average Bonchev–Trinajstić information content (AvgIpc) is 3.29. The van der Waals surface area contributed by atoms with Crippen molar-refractivity contribution >= 4 is 37.5 Å². The predicted molar refractivity (Wildman–Crippen MR) is 137 cm³/mol. The molecule has 0 spiro atoms. The Kier molecular flexibility index (Phi) is 7.49. The molecule has 3 aromatic carbocycles. The van der Waals surface area contributed by atoms with Crippen LogP contribution in [0.5, 0.6) is 5.75 Å². The van der Waals surface area contributed by atoms with Gasteiger partial charge in [0, 0.05) is 0 Å². The highest BCUT2D eigenvalue weighted by molar-refractivity contribution is 7.89. The van der Waals surface area contributed by atoms with Gasteiger partial charge in [-0.15, -0.1) is 11.3 Å². The summed E-state index contributed by atoms with van der Waals surface area (Å²) in [6, 6.07) is 21.1. The number of hydrogen-bond donors (Lipinski definition) is 1. The Hall–Kier alpha value is -3.27. The number of methoxy groups -OCH3 is 1. The second-order valence-electron chi connectivity index (χ2n) is 8.28. The van der Waals surface area contributed by atoms with Crippen molar-refractivity contribution in [3.63, 3.8) is 0 Å². The van der Waals surface area contributed by atoms with Gasteiger partial charge in [-0.05, 0) is 53.4 Å². The lowest BCUT2D eigenvalue weighted by molar-refractivity contribution is -0.143. The Bertz CT molecular complexity index is 1380. The maximum atomic E-state index is 12.8. The lowest BCUT2D eigenvalue weighted by Gasteiger charge is -2.19. The Morgan fingerprint density at radius 3 is 2.20 bits per heavy atom. The predicted octanol–water partition coefficient (Wildman–Crippen LogP) is 5.02. The number of esters is 1. The van der Waals surface area contributed by atoms with Crippen LogP contribution in [0.3, 0.4) is 0 Å². The quantitative estimate of drug-likeness (QED) is 0.318. The monoisotopic (exact) mass is 510 g/mol. The fraction of sp³-hybridized carbons (Fsp3) is 0.231. The molecule has 0 saturated carbocycles. The number of aromatic nitrogens is 1. The van der Waals surface area contributed by atoms with Gasteiger partial charge in [0.05, 0.1) is 22.2 Å². The van der Waals surface area contributed by atoms with Crippen LogP contribution in [0.15, 0.2) is 77.7 Å². The highest BCUT2D eigenvalue weighted by Gasteiger charge is 2.29. The van der Waals surface area contributed by atoms with Gasteiger partial charge in [-0.3, -0.25) is 4.79 Å². The minimum Gasteiger partial charge on any atom is -0.486 e. The third-order valence-electron chi connectivity index (χ3n) is 5.46. The van der Waals surface area contributed by atoms with Crippen molar-refractivity contribution in [3.05, 3.63) is 77.8 Å². The number of hydrogen-bond acceptors (Lipinski definition) is 7. The molecule has 1 unspecified atom stereocenters. The van der Waals surface area contributed by atoms with Crippen LogP contribution in [0.4, 0.5) is 0 Å². The molecule has 4 rings (SSSR count). The molecule has 4 aromatic rings. The molecule has 1 heterocycles. The summed E-state index contributed by atoms with van der Waals surface area (Å²) in [5, 5.41) is 0.910. The van der Waals surface area contributed by atoms with E-state index in [2.05, 4.69) is 9.71 Å². The Labute approximate surface area is 208 Å². The zero-order chi connectivity index (χ0) is 25.0. The summed E-state index contributed by atoms with van der Waals surface area (Å²) in [5.74, 6) is -0.156. The number of ether oxygens (including phenoxy) is 2. The molecule has 1 atom stereocenters. The van der Waals surface area contributed by atoms with Crippen LogP contribution < -0.4 is 9.46 Å². The summed E-state index contributed by atoms with van der Waals surface area (Å²) < 4.78 is 39.7. The molecule has 0 bridgehead atoms. The number of nitrogens with one attached hydrogen (secondary N) is 1. The van der Waals surface area contributed by atoms with E-state index in [1.807, 2.05) is 48.5 Å². The SMILES string of the molecule is COC(=O)C(NS(=O)(=O)c1ccc(-c2ccc(OCc3nc4ccccc4s3)cc2)cc1)C(C)C. The molecule has 0 radical (unpaired) electrons. The molecule has 1 aromatic heterocycles. The van der Waals surface area contributed by atoms with Crippen molar-refractivity contribution in [1.29, 1.82) is 0 Å². The van der Waals surface area contributed by atoms with E-state index in [-0.39, 0.29) is 10.8 Å². The first kappa shape index (κ1) is 24.8.